The Kier molecular flexibility index (Phi) is 4.56. The zero-order chi connectivity index (χ0) is 6.41. The van der Waals surface area contributed by atoms with Crippen molar-refractivity contribution in [1.29, 1.82) is 0 Å². The Bertz CT molecular complexity index is 124. The van der Waals surface area contributed by atoms with Gasteiger partial charge >= 0.3 is 0 Å². The molecule has 1 nitrogen and oxygen atoms in total. The van der Waals surface area contributed by atoms with E-state index in [1.807, 2.05) is 13.0 Å². The number of nitrogens with zero attached hydrogens (tertiary/aromatic N) is 1. The summed E-state index contributed by atoms with van der Waals surface area (Å²) in [6.07, 6.45) is 5.19. The van der Waals surface area contributed by atoms with E-state index in [1.54, 1.807) is 12.3 Å². The van der Waals surface area contributed by atoms with Crippen LogP contribution in [0.5, 0.6) is 0 Å². The Morgan fingerprint density at radius 2 is 2.38 bits per heavy atom. The minimum absolute atomic E-state index is 0.760. The lowest BCUT2D eigenvalue weighted by molar-refractivity contribution is 1.55. The molecule has 0 amide bonds. The standard InChI is InChI=1S/C6H8BrN/c1-3-5-8-6(7)4-2/h3-5H,2H2,1H3/b5-3-,8-6?. The third-order valence-corrected chi connectivity index (χ3v) is 1.04. The lowest BCUT2D eigenvalue weighted by Gasteiger charge is -1.78. The van der Waals surface area contributed by atoms with Gasteiger partial charge in [-0.2, -0.15) is 0 Å². The smallest absolute Gasteiger partial charge is 0.105 e. The van der Waals surface area contributed by atoms with E-state index in [0.717, 1.165) is 4.62 Å². The van der Waals surface area contributed by atoms with Crippen molar-refractivity contribution in [2.75, 3.05) is 0 Å². The second-order valence-electron chi connectivity index (χ2n) is 1.14. The van der Waals surface area contributed by atoms with E-state index in [4.69, 9.17) is 0 Å². The summed E-state index contributed by atoms with van der Waals surface area (Å²) in [6, 6.07) is 0. The van der Waals surface area contributed by atoms with Crippen molar-refractivity contribution in [3.05, 3.63) is 24.9 Å². The van der Waals surface area contributed by atoms with Gasteiger partial charge in [0.2, 0.25) is 0 Å². The van der Waals surface area contributed by atoms with Gasteiger partial charge in [-0.3, -0.25) is 0 Å². The molecule has 0 heterocycles. The minimum Gasteiger partial charge on any atom is -0.250 e. The van der Waals surface area contributed by atoms with Gasteiger partial charge in [-0.05, 0) is 28.9 Å². The summed E-state index contributed by atoms with van der Waals surface area (Å²) in [7, 11) is 0. The topological polar surface area (TPSA) is 12.4 Å². The van der Waals surface area contributed by atoms with Crippen LogP contribution in [0.3, 0.4) is 0 Å². The van der Waals surface area contributed by atoms with Crippen LogP contribution in [-0.2, 0) is 0 Å². The van der Waals surface area contributed by atoms with Gasteiger partial charge in [0.1, 0.15) is 4.62 Å². The Hall–Kier alpha value is -0.370. The number of halogens is 1. The van der Waals surface area contributed by atoms with Gasteiger partial charge in [-0.25, -0.2) is 4.99 Å². The van der Waals surface area contributed by atoms with Crippen LogP contribution in [0.25, 0.3) is 0 Å². The van der Waals surface area contributed by atoms with Gasteiger partial charge in [0, 0.05) is 6.20 Å². The SMILES string of the molecule is C=CC(Br)=N/C=C\C. The lowest BCUT2D eigenvalue weighted by Crippen LogP contribution is -1.71. The molecule has 0 aromatic rings. The average Bonchev–Trinajstić information content (AvgIpc) is 1.83. The van der Waals surface area contributed by atoms with Crippen LogP contribution in [-0.4, -0.2) is 4.62 Å². The number of hydrogen-bond donors (Lipinski definition) is 0. The van der Waals surface area contributed by atoms with E-state index in [2.05, 4.69) is 27.5 Å². The van der Waals surface area contributed by atoms with Crippen molar-refractivity contribution in [3.8, 4) is 0 Å². The Morgan fingerprint density at radius 1 is 1.75 bits per heavy atom. The third kappa shape index (κ3) is 3.81. The molecule has 0 aliphatic heterocycles. The van der Waals surface area contributed by atoms with Gasteiger partial charge in [0.05, 0.1) is 0 Å². The summed E-state index contributed by atoms with van der Waals surface area (Å²) >= 11 is 3.16. The first-order chi connectivity index (χ1) is 3.81. The maximum atomic E-state index is 3.90. The molecule has 8 heavy (non-hydrogen) atoms. The van der Waals surface area contributed by atoms with Gasteiger partial charge in [-0.15, -0.1) is 0 Å². The summed E-state index contributed by atoms with van der Waals surface area (Å²) in [5.41, 5.74) is 0. The highest BCUT2D eigenvalue weighted by molar-refractivity contribution is 9.18. The molecule has 0 atom stereocenters. The molecule has 0 aromatic carbocycles. The van der Waals surface area contributed by atoms with Gasteiger partial charge in [0.25, 0.3) is 0 Å². The summed E-state index contributed by atoms with van der Waals surface area (Å²) in [6.45, 7) is 5.41. The Balaban J connectivity index is 3.74. The molecule has 44 valence electrons. The second kappa shape index (κ2) is 4.78. The van der Waals surface area contributed by atoms with Crippen molar-refractivity contribution in [1.82, 2.24) is 0 Å². The number of hydrogen-bond acceptors (Lipinski definition) is 1. The fraction of sp³-hybridized carbons (Fsp3) is 0.167. The van der Waals surface area contributed by atoms with E-state index in [9.17, 15) is 0 Å². The monoisotopic (exact) mass is 173 g/mol. The van der Waals surface area contributed by atoms with Crippen molar-refractivity contribution < 1.29 is 0 Å². The molecular weight excluding hydrogens is 166 g/mol. The van der Waals surface area contributed by atoms with Crippen molar-refractivity contribution >= 4 is 20.6 Å². The minimum atomic E-state index is 0.760. The van der Waals surface area contributed by atoms with Crippen LogP contribution in [0.1, 0.15) is 6.92 Å². The van der Waals surface area contributed by atoms with Crippen LogP contribution < -0.4 is 0 Å². The maximum Gasteiger partial charge on any atom is 0.105 e. The third-order valence-electron chi connectivity index (χ3n) is 0.515. The van der Waals surface area contributed by atoms with Crippen LogP contribution in [0.15, 0.2) is 29.9 Å². The molecule has 0 rings (SSSR count). The van der Waals surface area contributed by atoms with Crippen LogP contribution in [0, 0.1) is 0 Å². The molecule has 0 spiro atoms. The maximum absolute atomic E-state index is 3.90. The number of allylic oxidation sites excluding steroid dienone is 2. The molecule has 0 saturated carbocycles. The number of rotatable bonds is 2. The molecule has 0 radical (unpaired) electrons. The lowest BCUT2D eigenvalue weighted by atomic mass is 10.7. The van der Waals surface area contributed by atoms with E-state index in [1.165, 1.54) is 0 Å². The predicted octanol–water partition coefficient (Wildman–Crippen LogP) is 2.50. The fourth-order valence-corrected chi connectivity index (χ4v) is 0.317. The molecule has 0 saturated heterocycles. The van der Waals surface area contributed by atoms with E-state index in [0.29, 0.717) is 0 Å². The highest BCUT2D eigenvalue weighted by Gasteiger charge is 1.74. The van der Waals surface area contributed by atoms with E-state index >= 15 is 0 Å². The highest BCUT2D eigenvalue weighted by Crippen LogP contribution is 1.90. The van der Waals surface area contributed by atoms with Crippen LogP contribution >= 0.6 is 15.9 Å². The van der Waals surface area contributed by atoms with Gasteiger partial charge in [-0.1, -0.05) is 12.7 Å². The van der Waals surface area contributed by atoms with Crippen molar-refractivity contribution in [3.63, 3.8) is 0 Å². The molecule has 0 aromatic heterocycles. The molecule has 2 heteroatoms. The molecule has 0 unspecified atom stereocenters. The number of aliphatic imine (C=N–C) groups is 1. The quantitative estimate of drug-likeness (QED) is 0.570. The van der Waals surface area contributed by atoms with E-state index in [-0.39, 0.29) is 0 Å². The van der Waals surface area contributed by atoms with Gasteiger partial charge < -0.3 is 0 Å². The summed E-state index contributed by atoms with van der Waals surface area (Å²) in [5.74, 6) is 0. The second-order valence-corrected chi connectivity index (χ2v) is 1.95. The molecule has 0 aliphatic rings. The zero-order valence-electron chi connectivity index (χ0n) is 4.76. The zero-order valence-corrected chi connectivity index (χ0v) is 6.35. The first-order valence-electron chi connectivity index (χ1n) is 2.28. The Morgan fingerprint density at radius 3 is 2.75 bits per heavy atom. The molecular formula is C6H8BrN. The summed E-state index contributed by atoms with van der Waals surface area (Å²) < 4.78 is 0.760. The van der Waals surface area contributed by atoms with Crippen LogP contribution in [0.4, 0.5) is 0 Å². The highest BCUT2D eigenvalue weighted by atomic mass is 79.9. The first-order valence-corrected chi connectivity index (χ1v) is 3.07. The summed E-state index contributed by atoms with van der Waals surface area (Å²) in [4.78, 5) is 3.90. The molecule has 0 bridgehead atoms. The van der Waals surface area contributed by atoms with Crippen molar-refractivity contribution in [2.24, 2.45) is 4.99 Å². The predicted molar refractivity (Wildman–Crippen MR) is 41.4 cm³/mol. The molecule has 0 fully saturated rings. The average molecular weight is 174 g/mol. The van der Waals surface area contributed by atoms with Gasteiger partial charge in [0.15, 0.2) is 0 Å². The first kappa shape index (κ1) is 7.63. The Labute approximate surface area is 57.9 Å². The van der Waals surface area contributed by atoms with Crippen molar-refractivity contribution in [2.45, 2.75) is 6.92 Å². The van der Waals surface area contributed by atoms with Crippen LogP contribution in [0.2, 0.25) is 0 Å². The fourth-order valence-electron chi connectivity index (χ4n) is 0.198. The van der Waals surface area contributed by atoms with E-state index < -0.39 is 0 Å². The molecule has 0 N–H and O–H groups in total. The largest absolute Gasteiger partial charge is 0.250 e. The normalized spacial score (nSPS) is 12.5. The molecule has 0 aliphatic carbocycles. The summed E-state index contributed by atoms with van der Waals surface area (Å²) in [5, 5.41) is 0.